The molecule has 0 spiro atoms. The number of nitrogens with zero attached hydrogens (tertiary/aromatic N) is 5. The summed E-state index contributed by atoms with van der Waals surface area (Å²) in [6, 6.07) is 63.1. The fourth-order valence-electron chi connectivity index (χ4n) is 12.5. The second-order valence-electron chi connectivity index (χ2n) is 26.7. The predicted octanol–water partition coefficient (Wildman–Crippen LogP) is 18.3. The molecule has 11 rings (SSSR count). The number of pyridine rings is 1. The van der Waals surface area contributed by atoms with Gasteiger partial charge in [-0.25, -0.2) is 4.98 Å². The Kier molecular flexibility index (Phi) is 13.4. The van der Waals surface area contributed by atoms with Crippen LogP contribution in [0.2, 0.25) is 0 Å². The first kappa shape index (κ1) is 54.8. The Morgan fingerprint density at radius 3 is 1.73 bits per heavy atom. The fraction of sp³-hybridized carbons (Fsp3) is 0.333. The van der Waals surface area contributed by atoms with Gasteiger partial charge in [0.1, 0.15) is 5.82 Å². The molecule has 0 saturated heterocycles. The van der Waals surface area contributed by atoms with Crippen molar-refractivity contribution in [3.8, 4) is 5.82 Å². The fourth-order valence-corrected chi connectivity index (χ4v) is 12.5. The standard InChI is InChI=1S/C72H77N5.Pt/c1-45-28-30-60-56(36-45)57-43-59-63(44-62(57)76(60)64-42-51(32-33-73-64)67(4,5)6)75(61-31-29-46(2)37-58(61)70(59,13)14)54-35-47(3)34-50(38-54)66-74-71(15,16)72(17,65(48-24-20-18-21-25-48)49-26-22-19-23-27-49)77(66)55-40-52(68(7,8)9)39-53(41-55)69(10,11)12;/h18-37,39-43,65H,1-17H3;/q-2;+2/t72-;/m0./s1. The number of hydrogen-bond donors (Lipinski definition) is 0. The van der Waals surface area contributed by atoms with Crippen LogP contribution in [0.15, 0.2) is 157 Å². The zero-order valence-corrected chi connectivity index (χ0v) is 51.3. The van der Waals surface area contributed by atoms with Crippen LogP contribution in [0.25, 0.3) is 27.6 Å². The van der Waals surface area contributed by atoms with Crippen LogP contribution in [0, 0.1) is 32.9 Å². The van der Waals surface area contributed by atoms with Crippen LogP contribution in [0.1, 0.15) is 164 Å². The molecule has 78 heavy (non-hydrogen) atoms. The molecule has 4 heterocycles. The molecule has 0 N–H and O–H groups in total. The van der Waals surface area contributed by atoms with Gasteiger partial charge in [0, 0.05) is 29.0 Å². The monoisotopic (exact) mass is 1210 g/mol. The molecule has 0 saturated carbocycles. The van der Waals surface area contributed by atoms with Crippen molar-refractivity contribution in [1.82, 2.24) is 9.55 Å². The van der Waals surface area contributed by atoms with E-state index in [9.17, 15) is 0 Å². The third-order valence-electron chi connectivity index (χ3n) is 17.3. The van der Waals surface area contributed by atoms with Crippen molar-refractivity contribution >= 4 is 50.4 Å². The number of rotatable bonds is 7. The zero-order valence-electron chi connectivity index (χ0n) is 49.1. The van der Waals surface area contributed by atoms with Crippen LogP contribution in [0.4, 0.5) is 22.7 Å². The molecule has 1 atom stereocenters. The first-order chi connectivity index (χ1) is 36.2. The van der Waals surface area contributed by atoms with Crippen LogP contribution in [-0.2, 0) is 42.7 Å². The number of anilines is 4. The topological polar surface area (TPSA) is 36.7 Å². The summed E-state index contributed by atoms with van der Waals surface area (Å²) in [6.07, 6.45) is 1.96. The Balaban J connectivity index is 0.00000688. The summed E-state index contributed by atoms with van der Waals surface area (Å²) >= 11 is 0. The molecule has 0 aliphatic carbocycles. The number of aliphatic imine (C=N–C) groups is 1. The van der Waals surface area contributed by atoms with Gasteiger partial charge < -0.3 is 19.4 Å². The molecule has 400 valence electrons. The Bertz CT molecular complexity index is 3750. The molecular weight excluding hydrogens is 1130 g/mol. The van der Waals surface area contributed by atoms with E-state index in [0.717, 1.165) is 56.6 Å². The van der Waals surface area contributed by atoms with Gasteiger partial charge in [0.2, 0.25) is 0 Å². The minimum absolute atomic E-state index is 0. The van der Waals surface area contributed by atoms with E-state index in [1.807, 2.05) is 6.20 Å². The van der Waals surface area contributed by atoms with Crippen LogP contribution in [0.5, 0.6) is 0 Å². The van der Waals surface area contributed by atoms with Gasteiger partial charge in [-0.1, -0.05) is 196 Å². The molecule has 7 aromatic carbocycles. The molecule has 5 nitrogen and oxygen atoms in total. The number of benzene rings is 7. The van der Waals surface area contributed by atoms with E-state index in [1.165, 1.54) is 60.8 Å². The van der Waals surface area contributed by atoms with Crippen molar-refractivity contribution in [3.05, 3.63) is 225 Å². The van der Waals surface area contributed by atoms with Crippen molar-refractivity contribution in [2.24, 2.45) is 4.99 Å². The molecule has 2 aliphatic rings. The van der Waals surface area contributed by atoms with Gasteiger partial charge in [-0.05, 0) is 137 Å². The van der Waals surface area contributed by atoms with Gasteiger partial charge in [-0.15, -0.1) is 46.3 Å². The molecule has 0 fully saturated rings. The maximum atomic E-state index is 6.02. The van der Waals surface area contributed by atoms with E-state index in [-0.39, 0.29) is 48.6 Å². The summed E-state index contributed by atoms with van der Waals surface area (Å²) < 4.78 is 2.34. The van der Waals surface area contributed by atoms with Crippen LogP contribution in [-0.4, -0.2) is 26.5 Å². The maximum Gasteiger partial charge on any atom is 2.00 e. The molecule has 2 aliphatic heterocycles. The van der Waals surface area contributed by atoms with E-state index in [2.05, 4.69) is 290 Å². The maximum absolute atomic E-state index is 6.02. The van der Waals surface area contributed by atoms with Crippen molar-refractivity contribution in [2.45, 2.75) is 156 Å². The third kappa shape index (κ3) is 9.07. The summed E-state index contributed by atoms with van der Waals surface area (Å²) in [7, 11) is 0. The second kappa shape index (κ2) is 19.1. The molecule has 0 amide bonds. The molecule has 0 bridgehead atoms. The summed E-state index contributed by atoms with van der Waals surface area (Å²) in [5.74, 6) is 1.73. The van der Waals surface area contributed by atoms with Gasteiger partial charge in [-0.2, -0.15) is 6.07 Å². The van der Waals surface area contributed by atoms with Crippen LogP contribution in [0.3, 0.4) is 0 Å². The summed E-state index contributed by atoms with van der Waals surface area (Å²) in [5, 5.41) is 2.36. The number of fused-ring (bicyclic) bond motifs is 5. The van der Waals surface area contributed by atoms with Gasteiger partial charge in [0.05, 0.1) is 16.9 Å². The smallest absolute Gasteiger partial charge is 0.357 e. The molecule has 2 aromatic heterocycles. The first-order valence-electron chi connectivity index (χ1n) is 27.8. The summed E-state index contributed by atoms with van der Waals surface area (Å²) in [4.78, 5) is 16.2. The quantitative estimate of drug-likeness (QED) is 0.149. The Morgan fingerprint density at radius 2 is 1.13 bits per heavy atom. The Morgan fingerprint density at radius 1 is 0.538 bits per heavy atom. The van der Waals surface area contributed by atoms with Gasteiger partial charge >= 0.3 is 21.1 Å². The van der Waals surface area contributed by atoms with E-state index in [4.69, 9.17) is 9.98 Å². The van der Waals surface area contributed by atoms with Crippen molar-refractivity contribution in [3.63, 3.8) is 0 Å². The Hall–Kier alpha value is -6.55. The second-order valence-corrected chi connectivity index (χ2v) is 26.7. The Labute approximate surface area is 480 Å². The molecule has 0 radical (unpaired) electrons. The SMILES string of the molecule is Cc1cc(C2=NC(C)(C)[C@](C)(C(c3ccccc3)c3ccccc3)N2c2cc(C(C)(C)C)cc(C(C)(C)C)c2)[c-]c(N2c3[c-]c4c(cc3C(C)(C)c3cc(C)ccc32)c2cc(C)ccc2n4-c2cc(C(C)(C)C)ccn2)c1.[Pt+2]. The van der Waals surface area contributed by atoms with E-state index in [1.54, 1.807) is 0 Å². The minimum Gasteiger partial charge on any atom is -0.357 e. The summed E-state index contributed by atoms with van der Waals surface area (Å²) in [5.41, 5.74) is 17.8. The average molecular weight is 1210 g/mol. The van der Waals surface area contributed by atoms with Crippen molar-refractivity contribution < 1.29 is 21.1 Å². The zero-order chi connectivity index (χ0) is 54.9. The number of aryl methyl sites for hydroxylation is 3. The van der Waals surface area contributed by atoms with Crippen molar-refractivity contribution in [2.75, 3.05) is 9.80 Å². The number of amidine groups is 1. The number of hydrogen-bond acceptors (Lipinski definition) is 4. The number of aromatic nitrogens is 2. The van der Waals surface area contributed by atoms with E-state index >= 15 is 0 Å². The van der Waals surface area contributed by atoms with E-state index in [0.29, 0.717) is 0 Å². The average Bonchev–Trinajstić information content (AvgIpc) is 3.74. The molecule has 0 unspecified atom stereocenters. The molecular formula is C72H77N5Pt. The minimum atomic E-state index is -0.621. The van der Waals surface area contributed by atoms with Crippen LogP contribution < -0.4 is 9.80 Å². The van der Waals surface area contributed by atoms with Crippen LogP contribution >= 0.6 is 0 Å². The van der Waals surface area contributed by atoms with Crippen molar-refractivity contribution in [1.29, 1.82) is 0 Å². The predicted molar refractivity (Wildman–Crippen MR) is 326 cm³/mol. The van der Waals surface area contributed by atoms with Gasteiger partial charge in [-0.3, -0.25) is 0 Å². The molecule has 6 heteroatoms. The normalized spacial score (nSPS) is 17.1. The molecule has 9 aromatic rings. The third-order valence-corrected chi connectivity index (χ3v) is 17.3. The first-order valence-corrected chi connectivity index (χ1v) is 27.8. The summed E-state index contributed by atoms with van der Waals surface area (Å²) in [6.45, 7) is 39.3. The van der Waals surface area contributed by atoms with Gasteiger partial charge in [0.15, 0.2) is 0 Å². The van der Waals surface area contributed by atoms with E-state index < -0.39 is 11.1 Å². The largest absolute Gasteiger partial charge is 2.00 e. The van der Waals surface area contributed by atoms with Gasteiger partial charge in [0.25, 0.3) is 0 Å².